The summed E-state index contributed by atoms with van der Waals surface area (Å²) in [5.74, 6) is -0.499. The van der Waals surface area contributed by atoms with Crippen molar-refractivity contribution in [2.45, 2.75) is 12.5 Å². The first-order chi connectivity index (χ1) is 8.65. The third-order valence-corrected chi connectivity index (χ3v) is 3.16. The fraction of sp³-hybridized carbons (Fsp3) is 0.462. The summed E-state index contributed by atoms with van der Waals surface area (Å²) >= 11 is 0. The molecule has 98 valence electrons. The molecular formula is C13H16FNO3. The molecule has 0 aliphatic carbocycles. The lowest BCUT2D eigenvalue weighted by Gasteiger charge is -2.16. The van der Waals surface area contributed by atoms with E-state index in [0.717, 1.165) is 6.42 Å². The number of nitrogens with zero attached hydrogens (tertiary/aromatic N) is 1. The van der Waals surface area contributed by atoms with Gasteiger partial charge in [0.2, 0.25) is 0 Å². The van der Waals surface area contributed by atoms with Gasteiger partial charge in [0.1, 0.15) is 0 Å². The monoisotopic (exact) mass is 253 g/mol. The maximum absolute atomic E-state index is 13.3. The lowest BCUT2D eigenvalue weighted by molar-refractivity contribution is 0.0724. The first-order valence-electron chi connectivity index (χ1n) is 5.81. The number of rotatable bonds is 3. The first-order valence-corrected chi connectivity index (χ1v) is 5.81. The third kappa shape index (κ3) is 2.46. The van der Waals surface area contributed by atoms with Gasteiger partial charge >= 0.3 is 0 Å². The number of halogens is 1. The van der Waals surface area contributed by atoms with Crippen LogP contribution in [0.25, 0.3) is 0 Å². The molecule has 0 N–H and O–H groups in total. The van der Waals surface area contributed by atoms with Gasteiger partial charge in [0.05, 0.1) is 13.2 Å². The summed E-state index contributed by atoms with van der Waals surface area (Å²) in [6.45, 7) is 1.24. The normalized spacial score (nSPS) is 19.1. The van der Waals surface area contributed by atoms with E-state index in [-0.39, 0.29) is 17.8 Å². The lowest BCUT2D eigenvalue weighted by Crippen LogP contribution is -2.29. The molecule has 1 aromatic rings. The maximum atomic E-state index is 13.3. The van der Waals surface area contributed by atoms with Crippen LogP contribution in [-0.2, 0) is 4.74 Å². The zero-order valence-electron chi connectivity index (χ0n) is 10.5. The van der Waals surface area contributed by atoms with E-state index in [9.17, 15) is 9.18 Å². The molecule has 1 atom stereocenters. The Hall–Kier alpha value is -1.62. The van der Waals surface area contributed by atoms with Crippen molar-refractivity contribution < 1.29 is 18.7 Å². The highest BCUT2D eigenvalue weighted by molar-refractivity contribution is 5.94. The van der Waals surface area contributed by atoms with Crippen LogP contribution in [0.2, 0.25) is 0 Å². The molecule has 0 spiro atoms. The number of ether oxygens (including phenoxy) is 2. The van der Waals surface area contributed by atoms with Crippen molar-refractivity contribution in [3.8, 4) is 5.75 Å². The topological polar surface area (TPSA) is 38.8 Å². The summed E-state index contributed by atoms with van der Waals surface area (Å²) in [5, 5.41) is 0. The molecule has 1 heterocycles. The highest BCUT2D eigenvalue weighted by Crippen LogP contribution is 2.21. The Labute approximate surface area is 105 Å². The van der Waals surface area contributed by atoms with Gasteiger partial charge in [-0.3, -0.25) is 4.79 Å². The Morgan fingerprint density at radius 3 is 2.83 bits per heavy atom. The van der Waals surface area contributed by atoms with E-state index in [1.54, 1.807) is 12.0 Å². The van der Waals surface area contributed by atoms with Crippen molar-refractivity contribution in [1.82, 2.24) is 4.90 Å². The van der Waals surface area contributed by atoms with E-state index < -0.39 is 5.82 Å². The molecule has 0 aromatic heterocycles. The fourth-order valence-electron chi connectivity index (χ4n) is 2.08. The van der Waals surface area contributed by atoms with Gasteiger partial charge in [-0.05, 0) is 24.6 Å². The summed E-state index contributed by atoms with van der Waals surface area (Å²) in [5.41, 5.74) is 0.435. The first kappa shape index (κ1) is 12.8. The average molecular weight is 253 g/mol. The Morgan fingerprint density at radius 2 is 2.22 bits per heavy atom. The number of likely N-dealkylation sites (tertiary alicyclic amines) is 1. The van der Waals surface area contributed by atoms with Crippen LogP contribution in [0.15, 0.2) is 18.2 Å². The lowest BCUT2D eigenvalue weighted by atomic mass is 10.2. The summed E-state index contributed by atoms with van der Waals surface area (Å²) in [4.78, 5) is 13.9. The average Bonchev–Trinajstić information content (AvgIpc) is 2.87. The molecule has 1 saturated heterocycles. The van der Waals surface area contributed by atoms with E-state index >= 15 is 0 Å². The molecule has 0 radical (unpaired) electrons. The molecule has 1 aromatic carbocycles. The van der Waals surface area contributed by atoms with Crippen molar-refractivity contribution >= 4 is 5.91 Å². The van der Waals surface area contributed by atoms with E-state index in [1.165, 1.54) is 25.3 Å². The van der Waals surface area contributed by atoms with Crippen molar-refractivity contribution in [2.24, 2.45) is 0 Å². The molecule has 18 heavy (non-hydrogen) atoms. The quantitative estimate of drug-likeness (QED) is 0.823. The highest BCUT2D eigenvalue weighted by atomic mass is 19.1. The van der Waals surface area contributed by atoms with Gasteiger partial charge in [-0.15, -0.1) is 0 Å². The number of carbonyl (C=O) groups excluding carboxylic acids is 1. The minimum atomic E-state index is -0.467. The molecule has 0 saturated carbocycles. The zero-order chi connectivity index (χ0) is 13.1. The molecule has 1 amide bonds. The van der Waals surface area contributed by atoms with Gasteiger partial charge in [-0.25, -0.2) is 4.39 Å². The van der Waals surface area contributed by atoms with E-state index in [1.807, 2.05) is 0 Å². The predicted octanol–water partition coefficient (Wildman–Crippen LogP) is 1.70. The van der Waals surface area contributed by atoms with E-state index in [0.29, 0.717) is 18.7 Å². The molecular weight excluding hydrogens is 237 g/mol. The van der Waals surface area contributed by atoms with Gasteiger partial charge < -0.3 is 14.4 Å². The van der Waals surface area contributed by atoms with Gasteiger partial charge in [0, 0.05) is 25.8 Å². The summed E-state index contributed by atoms with van der Waals surface area (Å²) < 4.78 is 23.3. The number of hydrogen-bond donors (Lipinski definition) is 0. The molecule has 1 aliphatic heterocycles. The van der Waals surface area contributed by atoms with Gasteiger partial charge in [-0.1, -0.05) is 0 Å². The predicted molar refractivity (Wildman–Crippen MR) is 64.3 cm³/mol. The fourth-order valence-corrected chi connectivity index (χ4v) is 2.08. The molecule has 1 fully saturated rings. The smallest absolute Gasteiger partial charge is 0.254 e. The van der Waals surface area contributed by atoms with Crippen LogP contribution in [0, 0.1) is 5.82 Å². The maximum Gasteiger partial charge on any atom is 0.254 e. The van der Waals surface area contributed by atoms with Crippen LogP contribution in [0.3, 0.4) is 0 Å². The van der Waals surface area contributed by atoms with Crippen molar-refractivity contribution in [3.63, 3.8) is 0 Å². The largest absolute Gasteiger partial charge is 0.494 e. The zero-order valence-corrected chi connectivity index (χ0v) is 10.5. The van der Waals surface area contributed by atoms with Crippen LogP contribution in [-0.4, -0.2) is 44.2 Å². The molecule has 4 nitrogen and oxygen atoms in total. The standard InChI is InChI=1S/C13H16FNO3/c1-17-10-5-6-15(8-10)13(16)9-3-4-11(14)12(7-9)18-2/h3-4,7,10H,5-6,8H2,1-2H3/t10-/m1/s1. The molecule has 0 bridgehead atoms. The van der Waals surface area contributed by atoms with Gasteiger partial charge in [0.25, 0.3) is 5.91 Å². The van der Waals surface area contributed by atoms with Crippen molar-refractivity contribution in [1.29, 1.82) is 0 Å². The number of amides is 1. The van der Waals surface area contributed by atoms with Crippen molar-refractivity contribution in [2.75, 3.05) is 27.3 Å². The second-order valence-corrected chi connectivity index (χ2v) is 4.25. The third-order valence-electron chi connectivity index (χ3n) is 3.16. The van der Waals surface area contributed by atoms with E-state index in [2.05, 4.69) is 0 Å². The highest BCUT2D eigenvalue weighted by Gasteiger charge is 2.27. The summed E-state index contributed by atoms with van der Waals surface area (Å²) in [6.07, 6.45) is 0.928. The number of hydrogen-bond acceptors (Lipinski definition) is 3. The van der Waals surface area contributed by atoms with Crippen LogP contribution in [0.1, 0.15) is 16.8 Å². The molecule has 1 aliphatic rings. The van der Waals surface area contributed by atoms with Crippen LogP contribution < -0.4 is 4.74 Å². The second-order valence-electron chi connectivity index (χ2n) is 4.25. The van der Waals surface area contributed by atoms with Gasteiger partial charge in [0.15, 0.2) is 11.6 Å². The van der Waals surface area contributed by atoms with E-state index in [4.69, 9.17) is 9.47 Å². The minimum absolute atomic E-state index is 0.0864. The molecule has 0 unspecified atom stereocenters. The number of benzene rings is 1. The molecule has 2 rings (SSSR count). The minimum Gasteiger partial charge on any atom is -0.494 e. The Bertz CT molecular complexity index is 450. The number of methoxy groups -OCH3 is 2. The number of carbonyl (C=O) groups is 1. The summed E-state index contributed by atoms with van der Waals surface area (Å²) in [6, 6.07) is 4.15. The van der Waals surface area contributed by atoms with Gasteiger partial charge in [-0.2, -0.15) is 0 Å². The van der Waals surface area contributed by atoms with Crippen molar-refractivity contribution in [3.05, 3.63) is 29.6 Å². The Balaban J connectivity index is 2.14. The van der Waals surface area contributed by atoms with Crippen LogP contribution in [0.5, 0.6) is 5.75 Å². The Morgan fingerprint density at radius 1 is 1.44 bits per heavy atom. The Kier molecular flexibility index (Phi) is 3.81. The second kappa shape index (κ2) is 5.35. The van der Waals surface area contributed by atoms with Crippen LogP contribution >= 0.6 is 0 Å². The SMILES string of the molecule is COc1cc(C(=O)N2CC[C@@H](OC)C2)ccc1F. The van der Waals surface area contributed by atoms with Crippen LogP contribution in [0.4, 0.5) is 4.39 Å². The summed E-state index contributed by atoms with van der Waals surface area (Å²) in [7, 11) is 3.02. The molecule has 5 heteroatoms.